The normalized spacial score (nSPS) is 12.6. The molecule has 0 aromatic heterocycles. The van der Waals surface area contributed by atoms with E-state index in [-0.39, 0.29) is 6.10 Å². The lowest BCUT2D eigenvalue weighted by molar-refractivity contribution is 0.112. The third-order valence-electron chi connectivity index (χ3n) is 2.47. The minimum atomic E-state index is 0.209. The molecule has 0 N–H and O–H groups in total. The Balaban J connectivity index is 2.70. The number of carbonyl (C=O) groups excluding carboxylic acids is 1. The Morgan fingerprint density at radius 1 is 1.31 bits per heavy atom. The highest BCUT2D eigenvalue weighted by Gasteiger charge is 2.08. The Morgan fingerprint density at radius 3 is 2.50 bits per heavy atom. The summed E-state index contributed by atoms with van der Waals surface area (Å²) in [6, 6.07) is 5.51. The van der Waals surface area contributed by atoms with Gasteiger partial charge in [0.2, 0.25) is 0 Å². The van der Waals surface area contributed by atoms with Crippen molar-refractivity contribution < 1.29 is 9.53 Å². The monoisotopic (exact) mass is 220 g/mol. The average Bonchev–Trinajstić information content (AvgIpc) is 2.19. The first-order valence-corrected chi connectivity index (χ1v) is 5.75. The Morgan fingerprint density at radius 2 is 2.00 bits per heavy atom. The van der Waals surface area contributed by atoms with Gasteiger partial charge in [0.15, 0.2) is 0 Å². The van der Waals surface area contributed by atoms with E-state index in [4.69, 9.17) is 4.74 Å². The molecule has 0 heterocycles. The van der Waals surface area contributed by atoms with Gasteiger partial charge < -0.3 is 4.74 Å². The average molecular weight is 220 g/mol. The molecule has 0 saturated carbocycles. The lowest BCUT2D eigenvalue weighted by atomic mass is 10.1. The minimum Gasteiger partial charge on any atom is -0.490 e. The lowest BCUT2D eigenvalue weighted by Gasteiger charge is -2.18. The molecule has 0 saturated heterocycles. The number of aryl methyl sites for hydroxylation is 1. The Bertz CT molecular complexity index is 356. The molecule has 0 amide bonds. The second kappa shape index (κ2) is 5.69. The smallest absolute Gasteiger partial charge is 0.150 e. The molecule has 0 bridgehead atoms. The van der Waals surface area contributed by atoms with Crippen LogP contribution in [0.2, 0.25) is 0 Å². The van der Waals surface area contributed by atoms with E-state index in [9.17, 15) is 4.79 Å². The van der Waals surface area contributed by atoms with E-state index >= 15 is 0 Å². The van der Waals surface area contributed by atoms with Gasteiger partial charge >= 0.3 is 0 Å². The molecule has 0 aliphatic carbocycles. The first kappa shape index (κ1) is 12.8. The first-order chi connectivity index (χ1) is 7.52. The molecule has 1 aromatic carbocycles. The first-order valence-electron chi connectivity index (χ1n) is 5.75. The fourth-order valence-corrected chi connectivity index (χ4v) is 1.81. The van der Waals surface area contributed by atoms with Crippen LogP contribution in [0.1, 0.15) is 43.1 Å². The minimum absolute atomic E-state index is 0.209. The quantitative estimate of drug-likeness (QED) is 0.708. The SMILES string of the molecule is Cc1cc(C=O)ccc1OC(C)CC(C)C. The molecule has 1 aromatic rings. The highest BCUT2D eigenvalue weighted by Crippen LogP contribution is 2.21. The number of aldehydes is 1. The molecule has 2 heteroatoms. The van der Waals surface area contributed by atoms with Gasteiger partial charge in [0.05, 0.1) is 6.10 Å². The predicted molar refractivity (Wildman–Crippen MR) is 66.1 cm³/mol. The lowest BCUT2D eigenvalue weighted by Crippen LogP contribution is -2.15. The molecule has 1 unspecified atom stereocenters. The summed E-state index contributed by atoms with van der Waals surface area (Å²) in [5.41, 5.74) is 1.71. The summed E-state index contributed by atoms with van der Waals surface area (Å²) >= 11 is 0. The molecule has 0 aliphatic heterocycles. The summed E-state index contributed by atoms with van der Waals surface area (Å²) < 4.78 is 5.84. The van der Waals surface area contributed by atoms with Crippen LogP contribution in [0.25, 0.3) is 0 Å². The molecule has 2 nitrogen and oxygen atoms in total. The van der Waals surface area contributed by atoms with Crippen LogP contribution < -0.4 is 4.74 Å². The molecule has 1 atom stereocenters. The number of ether oxygens (including phenoxy) is 1. The Kier molecular flexibility index (Phi) is 4.53. The van der Waals surface area contributed by atoms with Crippen molar-refractivity contribution in [3.05, 3.63) is 29.3 Å². The van der Waals surface area contributed by atoms with Crippen molar-refractivity contribution in [1.29, 1.82) is 0 Å². The second-order valence-corrected chi connectivity index (χ2v) is 4.70. The van der Waals surface area contributed by atoms with Crippen molar-refractivity contribution in [2.45, 2.75) is 40.2 Å². The Labute approximate surface area is 97.6 Å². The van der Waals surface area contributed by atoms with Crippen LogP contribution in [0.15, 0.2) is 18.2 Å². The summed E-state index contributed by atoms with van der Waals surface area (Å²) in [5, 5.41) is 0. The molecule has 0 fully saturated rings. The van der Waals surface area contributed by atoms with Crippen LogP contribution in [0.3, 0.4) is 0 Å². The molecular formula is C14H20O2. The summed E-state index contributed by atoms with van der Waals surface area (Å²) in [6.45, 7) is 8.40. The van der Waals surface area contributed by atoms with Gasteiger partial charge in [-0.15, -0.1) is 0 Å². The maximum absolute atomic E-state index is 10.6. The van der Waals surface area contributed by atoms with Gasteiger partial charge in [0, 0.05) is 5.56 Å². The number of hydrogen-bond donors (Lipinski definition) is 0. The van der Waals surface area contributed by atoms with E-state index in [1.165, 1.54) is 0 Å². The van der Waals surface area contributed by atoms with Gasteiger partial charge in [0.1, 0.15) is 12.0 Å². The van der Waals surface area contributed by atoms with Crippen LogP contribution in [0, 0.1) is 12.8 Å². The van der Waals surface area contributed by atoms with Crippen LogP contribution in [0.5, 0.6) is 5.75 Å². The predicted octanol–water partition coefficient (Wildman–Crippen LogP) is 3.62. The van der Waals surface area contributed by atoms with Gasteiger partial charge in [-0.1, -0.05) is 13.8 Å². The van der Waals surface area contributed by atoms with Crippen molar-refractivity contribution in [3.8, 4) is 5.75 Å². The van der Waals surface area contributed by atoms with Crippen LogP contribution in [0.4, 0.5) is 0 Å². The van der Waals surface area contributed by atoms with E-state index < -0.39 is 0 Å². The third kappa shape index (κ3) is 3.69. The molecular weight excluding hydrogens is 200 g/mol. The van der Waals surface area contributed by atoms with Crippen LogP contribution in [-0.4, -0.2) is 12.4 Å². The van der Waals surface area contributed by atoms with Gasteiger partial charge in [-0.2, -0.15) is 0 Å². The standard InChI is InChI=1S/C14H20O2/c1-10(2)7-12(4)16-14-6-5-13(9-15)8-11(14)3/h5-6,8-10,12H,7H2,1-4H3. The summed E-state index contributed by atoms with van der Waals surface area (Å²) in [5.74, 6) is 1.50. The zero-order chi connectivity index (χ0) is 12.1. The van der Waals surface area contributed by atoms with Crippen molar-refractivity contribution in [3.63, 3.8) is 0 Å². The van der Waals surface area contributed by atoms with E-state index in [0.717, 1.165) is 24.0 Å². The van der Waals surface area contributed by atoms with Crippen molar-refractivity contribution in [2.75, 3.05) is 0 Å². The molecule has 0 radical (unpaired) electrons. The molecule has 0 spiro atoms. The second-order valence-electron chi connectivity index (χ2n) is 4.70. The van der Waals surface area contributed by atoms with Gasteiger partial charge in [0.25, 0.3) is 0 Å². The topological polar surface area (TPSA) is 26.3 Å². The number of rotatable bonds is 5. The van der Waals surface area contributed by atoms with E-state index in [2.05, 4.69) is 20.8 Å². The maximum Gasteiger partial charge on any atom is 0.150 e. The molecule has 1 rings (SSSR count). The van der Waals surface area contributed by atoms with E-state index in [0.29, 0.717) is 11.5 Å². The maximum atomic E-state index is 10.6. The van der Waals surface area contributed by atoms with Crippen molar-refractivity contribution in [2.24, 2.45) is 5.92 Å². The highest BCUT2D eigenvalue weighted by molar-refractivity contribution is 5.75. The van der Waals surface area contributed by atoms with Gasteiger partial charge in [-0.05, 0) is 49.9 Å². The molecule has 16 heavy (non-hydrogen) atoms. The number of carbonyl (C=O) groups is 1. The molecule has 88 valence electrons. The highest BCUT2D eigenvalue weighted by atomic mass is 16.5. The van der Waals surface area contributed by atoms with Crippen LogP contribution >= 0.6 is 0 Å². The summed E-state index contributed by atoms with van der Waals surface area (Å²) in [6.07, 6.45) is 2.10. The third-order valence-corrected chi connectivity index (χ3v) is 2.47. The zero-order valence-electron chi connectivity index (χ0n) is 10.5. The summed E-state index contributed by atoms with van der Waals surface area (Å²) in [4.78, 5) is 10.6. The number of hydrogen-bond acceptors (Lipinski definition) is 2. The van der Waals surface area contributed by atoms with E-state index in [1.807, 2.05) is 19.1 Å². The van der Waals surface area contributed by atoms with Gasteiger partial charge in [-0.3, -0.25) is 4.79 Å². The van der Waals surface area contributed by atoms with Crippen molar-refractivity contribution in [1.82, 2.24) is 0 Å². The number of benzene rings is 1. The largest absolute Gasteiger partial charge is 0.490 e. The van der Waals surface area contributed by atoms with E-state index in [1.54, 1.807) is 6.07 Å². The Hall–Kier alpha value is -1.31. The van der Waals surface area contributed by atoms with Crippen molar-refractivity contribution >= 4 is 6.29 Å². The molecule has 0 aliphatic rings. The van der Waals surface area contributed by atoms with Crippen LogP contribution in [-0.2, 0) is 0 Å². The summed E-state index contributed by atoms with van der Waals surface area (Å²) in [7, 11) is 0. The fraction of sp³-hybridized carbons (Fsp3) is 0.500. The fourth-order valence-electron chi connectivity index (χ4n) is 1.81. The zero-order valence-corrected chi connectivity index (χ0v) is 10.5. The van der Waals surface area contributed by atoms with Gasteiger partial charge in [-0.25, -0.2) is 0 Å².